The molecule has 0 heterocycles. The number of thioether (sulfide) groups is 1. The number of ketones is 1. The molecule has 0 saturated heterocycles. The average molecular weight is 314 g/mol. The fraction of sp³-hybridized carbons (Fsp3) is 0.167. The largest absolute Gasteiger partial charge is 0.497 e. The van der Waals surface area contributed by atoms with Crippen molar-refractivity contribution in [3.8, 4) is 11.5 Å². The number of carbonyl (C=O) groups excluding carboxylic acids is 1. The van der Waals surface area contributed by atoms with Crippen molar-refractivity contribution in [2.24, 2.45) is 0 Å². The van der Waals surface area contributed by atoms with Crippen molar-refractivity contribution in [1.29, 1.82) is 0 Å². The van der Waals surface area contributed by atoms with E-state index in [0.717, 1.165) is 5.56 Å². The molecule has 0 spiro atoms. The molecule has 0 unspecified atom stereocenters. The second-order valence-corrected chi connectivity index (χ2v) is 5.42. The van der Waals surface area contributed by atoms with Crippen LogP contribution < -0.4 is 9.47 Å². The Morgan fingerprint density at radius 3 is 2.36 bits per heavy atom. The first kappa shape index (κ1) is 16.2. The highest BCUT2D eigenvalue weighted by Gasteiger charge is 2.10. The fourth-order valence-corrected chi connectivity index (χ4v) is 2.39. The number of carbonyl (C=O) groups is 1. The zero-order valence-corrected chi connectivity index (χ0v) is 13.6. The van der Waals surface area contributed by atoms with Gasteiger partial charge in [-0.3, -0.25) is 4.79 Å². The summed E-state index contributed by atoms with van der Waals surface area (Å²) in [6, 6.07) is 13.2. The summed E-state index contributed by atoms with van der Waals surface area (Å²) in [6.07, 6.45) is 5.39. The lowest BCUT2D eigenvalue weighted by molar-refractivity contribution is 0.104. The smallest absolute Gasteiger partial charge is 0.189 e. The summed E-state index contributed by atoms with van der Waals surface area (Å²) in [7, 11) is 3.12. The highest BCUT2D eigenvalue weighted by Crippen LogP contribution is 2.25. The Hall–Kier alpha value is -2.20. The molecule has 0 aliphatic heterocycles. The van der Waals surface area contributed by atoms with E-state index in [1.807, 2.05) is 30.5 Å². The van der Waals surface area contributed by atoms with E-state index < -0.39 is 0 Å². The summed E-state index contributed by atoms with van der Waals surface area (Å²) in [5, 5.41) is 0. The van der Waals surface area contributed by atoms with Crippen LogP contribution in [0.1, 0.15) is 15.9 Å². The maximum absolute atomic E-state index is 12.3. The molecule has 22 heavy (non-hydrogen) atoms. The summed E-state index contributed by atoms with van der Waals surface area (Å²) in [4.78, 5) is 13.5. The number of ether oxygens (including phenoxy) is 2. The van der Waals surface area contributed by atoms with Crippen LogP contribution in [0, 0.1) is 0 Å². The number of hydrogen-bond acceptors (Lipinski definition) is 4. The Kier molecular flexibility index (Phi) is 5.67. The van der Waals surface area contributed by atoms with E-state index in [-0.39, 0.29) is 5.78 Å². The number of rotatable bonds is 6. The van der Waals surface area contributed by atoms with Crippen molar-refractivity contribution in [3.63, 3.8) is 0 Å². The van der Waals surface area contributed by atoms with E-state index >= 15 is 0 Å². The molecule has 2 aromatic rings. The molecule has 0 aliphatic carbocycles. The van der Waals surface area contributed by atoms with Crippen LogP contribution in [0.5, 0.6) is 11.5 Å². The molecular formula is C18H18O3S. The van der Waals surface area contributed by atoms with Crippen LogP contribution in [0.4, 0.5) is 0 Å². The molecule has 3 nitrogen and oxygen atoms in total. The Balaban J connectivity index is 2.18. The molecule has 0 radical (unpaired) electrons. The van der Waals surface area contributed by atoms with Gasteiger partial charge in [0.15, 0.2) is 5.78 Å². The van der Waals surface area contributed by atoms with Crippen LogP contribution in [0.25, 0.3) is 6.08 Å². The van der Waals surface area contributed by atoms with Crippen molar-refractivity contribution >= 4 is 23.6 Å². The summed E-state index contributed by atoms with van der Waals surface area (Å²) >= 11 is 1.69. The Bertz CT molecular complexity index is 675. The fourth-order valence-electron chi connectivity index (χ4n) is 1.98. The lowest BCUT2D eigenvalue weighted by Crippen LogP contribution is -1.99. The molecule has 114 valence electrons. The summed E-state index contributed by atoms with van der Waals surface area (Å²) in [5.74, 6) is 1.06. The zero-order chi connectivity index (χ0) is 15.9. The number of benzene rings is 2. The molecule has 2 aromatic carbocycles. The molecule has 0 amide bonds. The highest BCUT2D eigenvalue weighted by molar-refractivity contribution is 7.98. The van der Waals surface area contributed by atoms with Crippen LogP contribution in [-0.2, 0) is 0 Å². The first-order chi connectivity index (χ1) is 10.7. The van der Waals surface area contributed by atoms with Crippen LogP contribution in [0.15, 0.2) is 53.4 Å². The molecular weight excluding hydrogens is 296 g/mol. The van der Waals surface area contributed by atoms with Gasteiger partial charge in [0.25, 0.3) is 0 Å². The zero-order valence-electron chi connectivity index (χ0n) is 12.8. The Labute approximate surface area is 135 Å². The highest BCUT2D eigenvalue weighted by atomic mass is 32.2. The van der Waals surface area contributed by atoms with E-state index in [0.29, 0.717) is 17.1 Å². The lowest BCUT2D eigenvalue weighted by atomic mass is 10.1. The van der Waals surface area contributed by atoms with Gasteiger partial charge < -0.3 is 9.47 Å². The minimum atomic E-state index is -0.103. The lowest BCUT2D eigenvalue weighted by Gasteiger charge is -2.07. The van der Waals surface area contributed by atoms with E-state index in [2.05, 4.69) is 0 Å². The predicted octanol–water partition coefficient (Wildman–Crippen LogP) is 4.32. The normalized spacial score (nSPS) is 10.7. The topological polar surface area (TPSA) is 35.5 Å². The summed E-state index contributed by atoms with van der Waals surface area (Å²) in [5.41, 5.74) is 1.50. The molecule has 0 aromatic heterocycles. The molecule has 0 fully saturated rings. The predicted molar refractivity (Wildman–Crippen MR) is 91.1 cm³/mol. The van der Waals surface area contributed by atoms with Crippen LogP contribution in [0.3, 0.4) is 0 Å². The summed E-state index contributed by atoms with van der Waals surface area (Å²) in [6.45, 7) is 0. The summed E-state index contributed by atoms with van der Waals surface area (Å²) < 4.78 is 10.4. The molecule has 0 saturated carbocycles. The van der Waals surface area contributed by atoms with E-state index in [4.69, 9.17) is 9.47 Å². The van der Waals surface area contributed by atoms with Gasteiger partial charge in [0.1, 0.15) is 11.5 Å². The van der Waals surface area contributed by atoms with E-state index in [9.17, 15) is 4.79 Å². The monoisotopic (exact) mass is 314 g/mol. The Morgan fingerprint density at radius 1 is 1.05 bits per heavy atom. The van der Waals surface area contributed by atoms with Crippen molar-refractivity contribution in [2.75, 3.05) is 20.5 Å². The third kappa shape index (κ3) is 3.92. The minimum absolute atomic E-state index is 0.103. The van der Waals surface area contributed by atoms with Gasteiger partial charge in [-0.25, -0.2) is 0 Å². The van der Waals surface area contributed by atoms with Crippen molar-refractivity contribution in [1.82, 2.24) is 0 Å². The first-order valence-corrected chi connectivity index (χ1v) is 7.99. The van der Waals surface area contributed by atoms with E-state index in [1.54, 1.807) is 49.2 Å². The first-order valence-electron chi connectivity index (χ1n) is 6.76. The molecule has 0 bridgehead atoms. The van der Waals surface area contributed by atoms with Gasteiger partial charge in [-0.1, -0.05) is 18.2 Å². The SMILES string of the molecule is COc1ccc(C(=O)C=Cc2ccc(SC)cc2)c(OC)c1. The van der Waals surface area contributed by atoms with Gasteiger partial charge in [-0.15, -0.1) is 11.8 Å². The molecule has 4 heteroatoms. The molecule has 0 atom stereocenters. The van der Waals surface area contributed by atoms with Crippen molar-refractivity contribution in [3.05, 3.63) is 59.7 Å². The second kappa shape index (κ2) is 7.71. The second-order valence-electron chi connectivity index (χ2n) is 4.54. The van der Waals surface area contributed by atoms with Crippen LogP contribution in [-0.4, -0.2) is 26.3 Å². The van der Waals surface area contributed by atoms with Crippen molar-refractivity contribution < 1.29 is 14.3 Å². The van der Waals surface area contributed by atoms with Gasteiger partial charge in [0, 0.05) is 11.0 Å². The van der Waals surface area contributed by atoms with Gasteiger partial charge in [0.2, 0.25) is 0 Å². The third-order valence-corrected chi connectivity index (χ3v) is 3.96. The van der Waals surface area contributed by atoms with Gasteiger partial charge >= 0.3 is 0 Å². The number of methoxy groups -OCH3 is 2. The van der Waals surface area contributed by atoms with Gasteiger partial charge in [-0.2, -0.15) is 0 Å². The number of allylic oxidation sites excluding steroid dienone is 1. The van der Waals surface area contributed by atoms with Crippen molar-refractivity contribution in [2.45, 2.75) is 4.90 Å². The van der Waals surface area contributed by atoms with Gasteiger partial charge in [-0.05, 0) is 42.2 Å². The average Bonchev–Trinajstić information content (AvgIpc) is 2.59. The minimum Gasteiger partial charge on any atom is -0.497 e. The maximum atomic E-state index is 12.3. The number of hydrogen-bond donors (Lipinski definition) is 0. The quantitative estimate of drug-likeness (QED) is 0.452. The van der Waals surface area contributed by atoms with Crippen LogP contribution >= 0.6 is 11.8 Å². The molecule has 0 aliphatic rings. The third-order valence-electron chi connectivity index (χ3n) is 3.22. The van der Waals surface area contributed by atoms with Gasteiger partial charge in [0.05, 0.1) is 19.8 Å². The van der Waals surface area contributed by atoms with E-state index in [1.165, 1.54) is 12.0 Å². The molecule has 0 N–H and O–H groups in total. The molecule has 2 rings (SSSR count). The Morgan fingerprint density at radius 2 is 1.77 bits per heavy atom. The standard InChI is InChI=1S/C18H18O3S/c1-20-14-7-10-16(18(12-14)21-2)17(19)11-6-13-4-8-15(22-3)9-5-13/h4-12H,1-3H3. The van der Waals surface area contributed by atoms with Crippen LogP contribution in [0.2, 0.25) is 0 Å². The maximum Gasteiger partial charge on any atom is 0.189 e.